The molecular weight excluding hydrogens is 421 g/mol. The second-order valence-electron chi connectivity index (χ2n) is 7.39. The summed E-state index contributed by atoms with van der Waals surface area (Å²) >= 11 is 1.46. The van der Waals surface area contributed by atoms with Gasteiger partial charge in [0.25, 0.3) is 5.91 Å². The highest BCUT2D eigenvalue weighted by Gasteiger charge is 2.20. The molecule has 158 valence electrons. The third-order valence-electron chi connectivity index (χ3n) is 4.98. The van der Waals surface area contributed by atoms with Gasteiger partial charge in [0.2, 0.25) is 0 Å². The van der Waals surface area contributed by atoms with Crippen molar-refractivity contribution < 1.29 is 9.18 Å². The minimum Gasteiger partial charge on any atom is -0.329 e. The first kappa shape index (κ1) is 21.4. The zero-order chi connectivity index (χ0) is 22.3. The summed E-state index contributed by atoms with van der Waals surface area (Å²) in [4.78, 5) is 19.6. The Hall–Kier alpha value is -3.82. The number of rotatable bonds is 7. The number of hydrogen-bond acceptors (Lipinski definition) is 4. The number of aromatic nitrogens is 1. The molecule has 1 aromatic heterocycles. The molecule has 0 saturated heterocycles. The van der Waals surface area contributed by atoms with Gasteiger partial charge in [-0.3, -0.25) is 4.79 Å². The minimum atomic E-state index is -0.341. The molecule has 0 spiro atoms. The Kier molecular flexibility index (Phi) is 6.69. The monoisotopic (exact) mass is 441 g/mol. The highest BCUT2D eigenvalue weighted by molar-refractivity contribution is 7.09. The van der Waals surface area contributed by atoms with E-state index in [1.807, 2.05) is 42.5 Å². The molecule has 32 heavy (non-hydrogen) atoms. The fourth-order valence-electron chi connectivity index (χ4n) is 3.38. The standard InChI is InChI=1S/C26H20FN3OS/c27-23-8-4-7-22(13-23)17-30(16-21-11-9-20(15-28)10-12-21)26(31)24-18-32-25(29-24)14-19-5-2-1-3-6-19/h1-13,18H,14,16-17H2. The van der Waals surface area contributed by atoms with E-state index in [1.54, 1.807) is 34.5 Å². The Morgan fingerprint density at radius 1 is 0.938 bits per heavy atom. The first-order valence-corrected chi connectivity index (χ1v) is 11.0. The van der Waals surface area contributed by atoms with Crippen molar-refractivity contribution in [3.8, 4) is 6.07 Å². The second kappa shape index (κ2) is 9.99. The van der Waals surface area contributed by atoms with E-state index in [0.29, 0.717) is 29.8 Å². The minimum absolute atomic E-state index is 0.214. The normalized spacial score (nSPS) is 10.5. The van der Waals surface area contributed by atoms with E-state index < -0.39 is 0 Å². The molecule has 0 fully saturated rings. The average molecular weight is 442 g/mol. The van der Waals surface area contributed by atoms with Gasteiger partial charge in [-0.15, -0.1) is 11.3 Å². The largest absolute Gasteiger partial charge is 0.329 e. The zero-order valence-corrected chi connectivity index (χ0v) is 18.1. The van der Waals surface area contributed by atoms with Crippen molar-refractivity contribution in [2.75, 3.05) is 0 Å². The molecular formula is C26H20FN3OS. The van der Waals surface area contributed by atoms with Crippen LogP contribution in [0.5, 0.6) is 0 Å². The number of carbonyl (C=O) groups is 1. The van der Waals surface area contributed by atoms with Crippen LogP contribution in [0, 0.1) is 17.1 Å². The van der Waals surface area contributed by atoms with Crippen molar-refractivity contribution in [2.24, 2.45) is 0 Å². The van der Waals surface area contributed by atoms with E-state index in [0.717, 1.165) is 16.1 Å². The Morgan fingerprint density at radius 3 is 2.38 bits per heavy atom. The predicted molar refractivity (Wildman–Crippen MR) is 122 cm³/mol. The SMILES string of the molecule is N#Cc1ccc(CN(Cc2cccc(F)c2)C(=O)c2csc(Cc3ccccc3)n2)cc1. The van der Waals surface area contributed by atoms with Crippen molar-refractivity contribution in [1.82, 2.24) is 9.88 Å². The fourth-order valence-corrected chi connectivity index (χ4v) is 4.19. The number of benzene rings is 3. The Morgan fingerprint density at radius 2 is 1.66 bits per heavy atom. The summed E-state index contributed by atoms with van der Waals surface area (Å²) in [6.45, 7) is 0.578. The Balaban J connectivity index is 1.56. The summed E-state index contributed by atoms with van der Waals surface area (Å²) < 4.78 is 13.7. The summed E-state index contributed by atoms with van der Waals surface area (Å²) in [5.74, 6) is -0.554. The smallest absolute Gasteiger partial charge is 0.273 e. The summed E-state index contributed by atoms with van der Waals surface area (Å²) in [5, 5.41) is 11.7. The molecule has 0 bridgehead atoms. The van der Waals surface area contributed by atoms with Gasteiger partial charge in [0.15, 0.2) is 0 Å². The molecule has 0 radical (unpaired) electrons. The zero-order valence-electron chi connectivity index (χ0n) is 17.2. The summed E-state index contributed by atoms with van der Waals surface area (Å²) in [5.41, 5.74) is 3.66. The summed E-state index contributed by atoms with van der Waals surface area (Å²) in [6.07, 6.45) is 0.665. The fraction of sp³-hybridized carbons (Fsp3) is 0.115. The molecule has 0 aliphatic heterocycles. The molecule has 0 N–H and O–H groups in total. The summed E-state index contributed by atoms with van der Waals surface area (Å²) in [7, 11) is 0. The van der Waals surface area contributed by atoms with Crippen LogP contribution < -0.4 is 0 Å². The maximum atomic E-state index is 13.7. The number of hydrogen-bond donors (Lipinski definition) is 0. The van der Waals surface area contributed by atoms with E-state index in [9.17, 15) is 9.18 Å². The number of nitrogens with zero attached hydrogens (tertiary/aromatic N) is 3. The molecule has 0 saturated carbocycles. The molecule has 4 nitrogen and oxygen atoms in total. The second-order valence-corrected chi connectivity index (χ2v) is 8.33. The van der Waals surface area contributed by atoms with Crippen LogP contribution in [0.15, 0.2) is 84.2 Å². The molecule has 4 aromatic rings. The van der Waals surface area contributed by atoms with E-state index in [2.05, 4.69) is 11.1 Å². The van der Waals surface area contributed by atoms with Crippen LogP contribution in [0.3, 0.4) is 0 Å². The van der Waals surface area contributed by atoms with Gasteiger partial charge in [-0.1, -0.05) is 54.6 Å². The lowest BCUT2D eigenvalue weighted by molar-refractivity contribution is 0.0724. The maximum absolute atomic E-state index is 13.7. The van der Waals surface area contributed by atoms with Gasteiger partial charge in [-0.05, 0) is 41.0 Å². The lowest BCUT2D eigenvalue weighted by Gasteiger charge is -2.22. The molecule has 0 unspecified atom stereocenters. The van der Waals surface area contributed by atoms with Gasteiger partial charge in [-0.2, -0.15) is 5.26 Å². The third-order valence-corrected chi connectivity index (χ3v) is 5.82. The van der Waals surface area contributed by atoms with Crippen LogP contribution in [0.4, 0.5) is 4.39 Å². The van der Waals surface area contributed by atoms with Gasteiger partial charge in [-0.25, -0.2) is 9.37 Å². The van der Waals surface area contributed by atoms with Gasteiger partial charge in [0.05, 0.1) is 16.6 Å². The number of nitriles is 1. The van der Waals surface area contributed by atoms with Crippen molar-refractivity contribution >= 4 is 17.2 Å². The van der Waals surface area contributed by atoms with Crippen molar-refractivity contribution in [3.63, 3.8) is 0 Å². The first-order valence-electron chi connectivity index (χ1n) is 10.1. The average Bonchev–Trinajstić information content (AvgIpc) is 3.28. The maximum Gasteiger partial charge on any atom is 0.273 e. The predicted octanol–water partition coefficient (Wildman–Crippen LogP) is 5.59. The number of amides is 1. The molecule has 0 aliphatic carbocycles. The quantitative estimate of drug-likeness (QED) is 0.376. The van der Waals surface area contributed by atoms with E-state index >= 15 is 0 Å². The lowest BCUT2D eigenvalue weighted by Crippen LogP contribution is -2.30. The van der Waals surface area contributed by atoms with Crippen LogP contribution >= 0.6 is 11.3 Å². The topological polar surface area (TPSA) is 57.0 Å². The molecule has 1 amide bonds. The molecule has 3 aromatic carbocycles. The lowest BCUT2D eigenvalue weighted by atomic mass is 10.1. The number of thiazole rings is 1. The van der Waals surface area contributed by atoms with E-state index in [4.69, 9.17) is 5.26 Å². The van der Waals surface area contributed by atoms with Crippen LogP contribution in [0.1, 0.15) is 37.7 Å². The number of carbonyl (C=O) groups excluding carboxylic acids is 1. The first-order chi connectivity index (χ1) is 15.6. The van der Waals surface area contributed by atoms with E-state index in [-0.39, 0.29) is 18.3 Å². The van der Waals surface area contributed by atoms with Crippen LogP contribution in [-0.4, -0.2) is 15.8 Å². The van der Waals surface area contributed by atoms with Crippen molar-refractivity contribution in [2.45, 2.75) is 19.5 Å². The molecule has 0 atom stereocenters. The van der Waals surface area contributed by atoms with Crippen LogP contribution in [0.25, 0.3) is 0 Å². The summed E-state index contributed by atoms with van der Waals surface area (Å²) in [6, 6.07) is 25.4. The molecule has 4 rings (SSSR count). The van der Waals surface area contributed by atoms with Gasteiger partial charge >= 0.3 is 0 Å². The highest BCUT2D eigenvalue weighted by Crippen LogP contribution is 2.19. The highest BCUT2D eigenvalue weighted by atomic mass is 32.1. The number of halogens is 1. The molecule has 6 heteroatoms. The Labute approximate surface area is 190 Å². The molecule has 0 aliphatic rings. The third kappa shape index (κ3) is 5.45. The van der Waals surface area contributed by atoms with Crippen LogP contribution in [-0.2, 0) is 19.5 Å². The van der Waals surface area contributed by atoms with E-state index in [1.165, 1.54) is 23.5 Å². The Bertz CT molecular complexity index is 1250. The van der Waals surface area contributed by atoms with Gasteiger partial charge in [0.1, 0.15) is 11.5 Å². The van der Waals surface area contributed by atoms with Crippen molar-refractivity contribution in [1.29, 1.82) is 5.26 Å². The van der Waals surface area contributed by atoms with Gasteiger partial charge in [0, 0.05) is 24.9 Å². The molecule has 1 heterocycles. The van der Waals surface area contributed by atoms with Crippen LogP contribution in [0.2, 0.25) is 0 Å². The van der Waals surface area contributed by atoms with Crippen molar-refractivity contribution in [3.05, 3.63) is 123 Å². The van der Waals surface area contributed by atoms with Gasteiger partial charge < -0.3 is 4.90 Å².